The summed E-state index contributed by atoms with van der Waals surface area (Å²) < 4.78 is 10.7. The number of carbonyl (C=O) groups is 2. The van der Waals surface area contributed by atoms with Crippen molar-refractivity contribution in [1.29, 1.82) is 0 Å². The number of rotatable bonds is 8. The number of morpholine rings is 1. The number of carbonyl (C=O) groups excluding carboxylic acids is 2. The molecule has 1 aromatic rings. The molecule has 1 aliphatic heterocycles. The Hall–Kier alpha value is -2.12. The van der Waals surface area contributed by atoms with Crippen LogP contribution in [0, 0.1) is 5.92 Å². The quantitative estimate of drug-likeness (QED) is 0.704. The van der Waals surface area contributed by atoms with Crippen LogP contribution >= 0.6 is 0 Å². The molecule has 0 radical (unpaired) electrons. The van der Waals surface area contributed by atoms with E-state index in [9.17, 15) is 9.59 Å². The first kappa shape index (κ1) is 20.6. The van der Waals surface area contributed by atoms with E-state index in [-0.39, 0.29) is 30.3 Å². The molecule has 28 heavy (non-hydrogen) atoms. The van der Waals surface area contributed by atoms with Crippen LogP contribution in [0.4, 0.5) is 0 Å². The first-order chi connectivity index (χ1) is 13.7. The van der Waals surface area contributed by atoms with Crippen molar-refractivity contribution in [3.05, 3.63) is 29.8 Å². The van der Waals surface area contributed by atoms with E-state index >= 15 is 0 Å². The third-order valence-corrected chi connectivity index (χ3v) is 5.63. The van der Waals surface area contributed by atoms with Gasteiger partial charge in [-0.05, 0) is 30.5 Å². The van der Waals surface area contributed by atoms with Gasteiger partial charge >= 0.3 is 0 Å². The highest BCUT2D eigenvalue weighted by Crippen LogP contribution is 2.25. The zero-order chi connectivity index (χ0) is 19.8. The van der Waals surface area contributed by atoms with Crippen molar-refractivity contribution in [2.75, 3.05) is 46.5 Å². The molecule has 1 aliphatic carbocycles. The molecular formula is C21H31N3O4. The first-order valence-corrected chi connectivity index (χ1v) is 10.2. The number of methoxy groups -OCH3 is 1. The number of nitrogens with zero attached hydrogens (tertiary/aromatic N) is 1. The Morgan fingerprint density at radius 1 is 1.14 bits per heavy atom. The maximum absolute atomic E-state index is 12.3. The second-order valence-electron chi connectivity index (χ2n) is 7.44. The molecule has 0 bridgehead atoms. The number of nitrogens with one attached hydrogen (secondary N) is 2. The molecule has 2 aliphatic rings. The molecule has 1 unspecified atom stereocenters. The van der Waals surface area contributed by atoms with E-state index in [1.165, 1.54) is 0 Å². The molecule has 7 heteroatoms. The molecule has 2 fully saturated rings. The molecule has 0 aromatic heterocycles. The van der Waals surface area contributed by atoms with Gasteiger partial charge in [-0.25, -0.2) is 0 Å². The van der Waals surface area contributed by atoms with E-state index in [1.54, 1.807) is 7.11 Å². The number of hydrogen-bond acceptors (Lipinski definition) is 5. The summed E-state index contributed by atoms with van der Waals surface area (Å²) in [7, 11) is 1.65. The van der Waals surface area contributed by atoms with E-state index in [4.69, 9.17) is 9.47 Å². The summed E-state index contributed by atoms with van der Waals surface area (Å²) in [5.41, 5.74) is 1.12. The number of benzene rings is 1. The normalized spacial score (nSPS) is 19.2. The highest BCUT2D eigenvalue weighted by Gasteiger charge is 2.25. The monoisotopic (exact) mass is 389 g/mol. The van der Waals surface area contributed by atoms with Gasteiger partial charge in [0.15, 0.2) is 0 Å². The Morgan fingerprint density at radius 2 is 1.82 bits per heavy atom. The summed E-state index contributed by atoms with van der Waals surface area (Å²) in [5.74, 6) is 0.738. The minimum atomic E-state index is -0.155. The fraction of sp³-hybridized carbons (Fsp3) is 0.619. The zero-order valence-electron chi connectivity index (χ0n) is 16.6. The van der Waals surface area contributed by atoms with Gasteiger partial charge in [0, 0.05) is 25.6 Å². The molecule has 2 N–H and O–H groups in total. The van der Waals surface area contributed by atoms with E-state index in [0.717, 1.165) is 50.1 Å². The average molecular weight is 389 g/mol. The predicted octanol–water partition coefficient (Wildman–Crippen LogP) is 1.49. The summed E-state index contributed by atoms with van der Waals surface area (Å²) in [6.07, 6.45) is 4.08. The lowest BCUT2D eigenvalue weighted by molar-refractivity contribution is -0.128. The number of ether oxygens (including phenoxy) is 2. The van der Waals surface area contributed by atoms with Crippen LogP contribution in [0.2, 0.25) is 0 Å². The average Bonchev–Trinajstić information content (AvgIpc) is 3.28. The fourth-order valence-corrected chi connectivity index (χ4v) is 3.95. The predicted molar refractivity (Wildman–Crippen MR) is 106 cm³/mol. The van der Waals surface area contributed by atoms with Crippen LogP contribution in [0.25, 0.3) is 0 Å². The summed E-state index contributed by atoms with van der Waals surface area (Å²) >= 11 is 0. The molecule has 3 rings (SSSR count). The summed E-state index contributed by atoms with van der Waals surface area (Å²) in [6, 6.07) is 8.00. The van der Waals surface area contributed by atoms with Gasteiger partial charge in [0.1, 0.15) is 5.75 Å². The SMILES string of the molecule is COc1ccc(C(CNC(=O)CNC(=O)C2CCCC2)N2CCOCC2)cc1. The first-order valence-electron chi connectivity index (χ1n) is 10.2. The molecule has 1 heterocycles. The van der Waals surface area contributed by atoms with Gasteiger partial charge in [-0.15, -0.1) is 0 Å². The Morgan fingerprint density at radius 3 is 2.46 bits per heavy atom. The maximum atomic E-state index is 12.3. The van der Waals surface area contributed by atoms with Crippen LogP contribution in [0.1, 0.15) is 37.3 Å². The van der Waals surface area contributed by atoms with Crippen molar-refractivity contribution in [3.8, 4) is 5.75 Å². The van der Waals surface area contributed by atoms with Crippen LogP contribution < -0.4 is 15.4 Å². The van der Waals surface area contributed by atoms with Crippen molar-refractivity contribution in [3.63, 3.8) is 0 Å². The second-order valence-corrected chi connectivity index (χ2v) is 7.44. The maximum Gasteiger partial charge on any atom is 0.239 e. The fourth-order valence-electron chi connectivity index (χ4n) is 3.95. The number of hydrogen-bond donors (Lipinski definition) is 2. The highest BCUT2D eigenvalue weighted by atomic mass is 16.5. The Balaban J connectivity index is 1.54. The van der Waals surface area contributed by atoms with Crippen LogP contribution in [0.3, 0.4) is 0 Å². The van der Waals surface area contributed by atoms with E-state index in [1.807, 2.05) is 24.3 Å². The molecule has 1 saturated carbocycles. The molecule has 1 atom stereocenters. The van der Waals surface area contributed by atoms with Gasteiger partial charge in [0.2, 0.25) is 11.8 Å². The van der Waals surface area contributed by atoms with Crippen molar-refractivity contribution in [1.82, 2.24) is 15.5 Å². The minimum Gasteiger partial charge on any atom is -0.497 e. The Labute approximate surface area is 166 Å². The third kappa shape index (κ3) is 5.69. The van der Waals surface area contributed by atoms with Crippen molar-refractivity contribution in [2.45, 2.75) is 31.7 Å². The van der Waals surface area contributed by atoms with Gasteiger partial charge < -0.3 is 20.1 Å². The molecule has 0 spiro atoms. The Kier molecular flexibility index (Phi) is 7.68. The smallest absolute Gasteiger partial charge is 0.239 e. The van der Waals surface area contributed by atoms with Crippen LogP contribution in [-0.4, -0.2) is 63.2 Å². The number of amides is 2. The van der Waals surface area contributed by atoms with Crippen LogP contribution in [0.15, 0.2) is 24.3 Å². The van der Waals surface area contributed by atoms with Gasteiger partial charge in [-0.1, -0.05) is 25.0 Å². The third-order valence-electron chi connectivity index (χ3n) is 5.63. The standard InChI is InChI=1S/C21H31N3O4/c1-27-18-8-6-16(7-9-18)19(24-10-12-28-13-11-24)14-22-20(25)15-23-21(26)17-4-2-3-5-17/h6-9,17,19H,2-5,10-15H2,1H3,(H,22,25)(H,23,26). The van der Waals surface area contributed by atoms with Crippen molar-refractivity contribution >= 4 is 11.8 Å². The van der Waals surface area contributed by atoms with Crippen molar-refractivity contribution < 1.29 is 19.1 Å². The second kappa shape index (κ2) is 10.4. The largest absolute Gasteiger partial charge is 0.497 e. The van der Waals surface area contributed by atoms with E-state index < -0.39 is 0 Å². The van der Waals surface area contributed by atoms with Crippen molar-refractivity contribution in [2.24, 2.45) is 5.92 Å². The molecule has 154 valence electrons. The van der Waals surface area contributed by atoms with E-state index in [0.29, 0.717) is 19.8 Å². The lowest BCUT2D eigenvalue weighted by Crippen LogP contribution is -2.45. The molecule has 7 nitrogen and oxygen atoms in total. The highest BCUT2D eigenvalue weighted by molar-refractivity contribution is 5.85. The minimum absolute atomic E-state index is 0.00698. The lowest BCUT2D eigenvalue weighted by Gasteiger charge is -2.35. The van der Waals surface area contributed by atoms with E-state index in [2.05, 4.69) is 15.5 Å². The van der Waals surface area contributed by atoms with Gasteiger partial charge in [-0.2, -0.15) is 0 Å². The van der Waals surface area contributed by atoms with Crippen LogP contribution in [0.5, 0.6) is 5.75 Å². The Bertz CT molecular complexity index is 638. The topological polar surface area (TPSA) is 79.9 Å². The molecule has 1 aromatic carbocycles. The summed E-state index contributed by atoms with van der Waals surface area (Å²) in [6.45, 7) is 3.56. The summed E-state index contributed by atoms with van der Waals surface area (Å²) in [5, 5.41) is 5.77. The molecule has 1 saturated heterocycles. The van der Waals surface area contributed by atoms with Gasteiger partial charge in [0.25, 0.3) is 0 Å². The van der Waals surface area contributed by atoms with Gasteiger partial charge in [-0.3, -0.25) is 14.5 Å². The lowest BCUT2D eigenvalue weighted by atomic mass is 10.0. The molecular weight excluding hydrogens is 358 g/mol. The van der Waals surface area contributed by atoms with Crippen LogP contribution in [-0.2, 0) is 14.3 Å². The molecule has 2 amide bonds. The summed E-state index contributed by atoms with van der Waals surface area (Å²) in [4.78, 5) is 26.7. The van der Waals surface area contributed by atoms with Gasteiger partial charge in [0.05, 0.1) is 32.9 Å². The zero-order valence-corrected chi connectivity index (χ0v) is 16.6.